The van der Waals surface area contributed by atoms with Crippen LogP contribution in [0.2, 0.25) is 5.02 Å². The van der Waals surface area contributed by atoms with Crippen LogP contribution in [-0.4, -0.2) is 33.8 Å². The number of carboxylic acid groups (broad SMARTS) is 1. The van der Waals surface area contributed by atoms with Gasteiger partial charge in [0.05, 0.1) is 23.8 Å². The maximum absolute atomic E-state index is 14.7. The molecule has 0 N–H and O–H groups in total. The molecule has 0 unspecified atom stereocenters. The van der Waals surface area contributed by atoms with E-state index in [4.69, 9.17) is 25.8 Å². The zero-order valence-corrected chi connectivity index (χ0v) is 18.4. The Balaban J connectivity index is 2.13. The average Bonchev–Trinajstić information content (AvgIpc) is 2.77. The summed E-state index contributed by atoms with van der Waals surface area (Å²) in [6.07, 6.45) is -5.01. The minimum absolute atomic E-state index is 0.0105. The van der Waals surface area contributed by atoms with Gasteiger partial charge in [-0.1, -0.05) is 11.6 Å². The lowest BCUT2D eigenvalue weighted by Crippen LogP contribution is -2.41. The summed E-state index contributed by atoms with van der Waals surface area (Å²) in [5, 5.41) is 10.4. The van der Waals surface area contributed by atoms with E-state index in [9.17, 15) is 37.1 Å². The van der Waals surface area contributed by atoms with Crippen molar-refractivity contribution in [1.82, 2.24) is 14.1 Å². The number of carbonyl (C=O) groups excluding carboxylic acids is 1. The molecule has 0 atom stereocenters. The van der Waals surface area contributed by atoms with Crippen LogP contribution in [0.5, 0.6) is 23.3 Å². The van der Waals surface area contributed by atoms with Crippen molar-refractivity contribution in [2.45, 2.75) is 6.18 Å². The van der Waals surface area contributed by atoms with E-state index in [2.05, 4.69) is 4.98 Å². The molecule has 3 rings (SSSR count). The van der Waals surface area contributed by atoms with E-state index in [0.717, 1.165) is 13.1 Å². The Morgan fingerprint density at radius 2 is 1.86 bits per heavy atom. The maximum atomic E-state index is 14.7. The predicted molar refractivity (Wildman–Crippen MR) is 109 cm³/mol. The predicted octanol–water partition coefficient (Wildman–Crippen LogP) is 1.67. The fourth-order valence-electron chi connectivity index (χ4n) is 2.84. The third-order valence-electron chi connectivity index (χ3n) is 4.41. The fourth-order valence-corrected chi connectivity index (χ4v) is 3.03. The first-order chi connectivity index (χ1) is 16.3. The van der Waals surface area contributed by atoms with Gasteiger partial charge in [-0.2, -0.15) is 18.2 Å². The third-order valence-corrected chi connectivity index (χ3v) is 4.70. The summed E-state index contributed by atoms with van der Waals surface area (Å²) in [6, 6.07) is 4.12. The van der Waals surface area contributed by atoms with Gasteiger partial charge < -0.3 is 24.1 Å². The average molecular weight is 519 g/mol. The summed E-state index contributed by atoms with van der Waals surface area (Å²) in [7, 11) is 2.03. The number of alkyl halides is 3. The molecule has 0 bridgehead atoms. The Bertz CT molecular complexity index is 1420. The first-order valence-electron chi connectivity index (χ1n) is 9.28. The number of aromatic nitrogens is 3. The third kappa shape index (κ3) is 5.37. The van der Waals surface area contributed by atoms with Crippen LogP contribution in [0, 0.1) is 5.82 Å². The summed E-state index contributed by atoms with van der Waals surface area (Å²) in [5.41, 5.74) is -5.24. The Morgan fingerprint density at radius 3 is 2.46 bits per heavy atom. The number of hydrogen-bond donors (Lipinski definition) is 0. The zero-order chi connectivity index (χ0) is 26.1. The molecule has 0 saturated heterocycles. The van der Waals surface area contributed by atoms with Crippen molar-refractivity contribution in [2.24, 2.45) is 7.05 Å². The number of benzene rings is 1. The highest BCUT2D eigenvalue weighted by Gasteiger charge is 2.35. The minimum Gasteiger partial charge on any atom is -0.546 e. The second kappa shape index (κ2) is 9.66. The summed E-state index contributed by atoms with van der Waals surface area (Å²) >= 11 is 6.00. The molecule has 0 saturated carbocycles. The van der Waals surface area contributed by atoms with Crippen LogP contribution in [0.25, 0.3) is 5.69 Å². The maximum Gasteiger partial charge on any atom is 0.431 e. The van der Waals surface area contributed by atoms with Crippen LogP contribution in [-0.2, 0) is 18.0 Å². The molecule has 15 heteroatoms. The molecule has 0 aliphatic heterocycles. The number of halogens is 5. The summed E-state index contributed by atoms with van der Waals surface area (Å²) < 4.78 is 69.7. The van der Waals surface area contributed by atoms with Crippen molar-refractivity contribution in [3.05, 3.63) is 67.7 Å². The van der Waals surface area contributed by atoms with E-state index in [1.54, 1.807) is 0 Å². The molecule has 0 aliphatic rings. The Morgan fingerprint density at radius 1 is 1.17 bits per heavy atom. The van der Waals surface area contributed by atoms with Crippen molar-refractivity contribution >= 4 is 17.6 Å². The molecule has 10 nitrogen and oxygen atoms in total. The van der Waals surface area contributed by atoms with Crippen molar-refractivity contribution in [2.75, 3.05) is 13.7 Å². The molecule has 35 heavy (non-hydrogen) atoms. The first-order valence-corrected chi connectivity index (χ1v) is 9.66. The van der Waals surface area contributed by atoms with Gasteiger partial charge in [-0.3, -0.25) is 9.36 Å². The van der Waals surface area contributed by atoms with E-state index >= 15 is 0 Å². The van der Waals surface area contributed by atoms with Gasteiger partial charge in [0.1, 0.15) is 23.9 Å². The Labute approximate surface area is 197 Å². The van der Waals surface area contributed by atoms with Gasteiger partial charge in [-0.25, -0.2) is 13.8 Å². The first kappa shape index (κ1) is 25.6. The number of carboxylic acids is 1. The Kier molecular flexibility index (Phi) is 7.05. The number of pyridine rings is 1. The fraction of sp³-hybridized carbons (Fsp3) is 0.200. The van der Waals surface area contributed by atoms with Crippen LogP contribution in [0.1, 0.15) is 5.69 Å². The van der Waals surface area contributed by atoms with Crippen LogP contribution in [0.15, 0.2) is 39.9 Å². The monoisotopic (exact) mass is 518 g/mol. The number of methoxy groups -OCH3 is 1. The number of hydrogen-bond acceptors (Lipinski definition) is 8. The highest BCUT2D eigenvalue weighted by Crippen LogP contribution is 2.37. The quantitative estimate of drug-likeness (QED) is 0.433. The molecular weight excluding hydrogens is 506 g/mol. The molecule has 1 aromatic carbocycles. The SMILES string of the molecule is COc1ccc(Oc2cc(-n3c(=O)cc(C(F)(F)F)n(C)c3=O)c(F)cc2Cl)c(OCC(=O)[O-])n1. The van der Waals surface area contributed by atoms with E-state index < -0.39 is 53.1 Å². The molecule has 186 valence electrons. The smallest absolute Gasteiger partial charge is 0.431 e. The van der Waals surface area contributed by atoms with Crippen LogP contribution in [0.4, 0.5) is 17.6 Å². The molecule has 0 aliphatic carbocycles. The van der Waals surface area contributed by atoms with Crippen LogP contribution >= 0.6 is 11.6 Å². The second-order valence-corrected chi connectivity index (χ2v) is 7.10. The lowest BCUT2D eigenvalue weighted by molar-refractivity contribution is -0.307. The standard InChI is InChI=1S/C20H14ClF4N3O7/c1-27-14(20(23,24)25)7-16(29)28(19(27)32)11-6-13(9(21)5-10(11)22)35-12-3-4-15(33-2)26-18(12)34-8-17(30)31/h3-7H,8H2,1-2H3,(H,30,31)/p-1. The van der Waals surface area contributed by atoms with Gasteiger partial charge in [0.25, 0.3) is 11.4 Å². The molecule has 3 aromatic rings. The highest BCUT2D eigenvalue weighted by molar-refractivity contribution is 6.32. The zero-order valence-electron chi connectivity index (χ0n) is 17.7. The lowest BCUT2D eigenvalue weighted by Gasteiger charge is -2.16. The van der Waals surface area contributed by atoms with Gasteiger partial charge in [-0.15, -0.1) is 0 Å². The topological polar surface area (TPSA) is 125 Å². The largest absolute Gasteiger partial charge is 0.546 e. The van der Waals surface area contributed by atoms with Gasteiger partial charge in [0, 0.05) is 25.2 Å². The van der Waals surface area contributed by atoms with E-state index in [1.807, 2.05) is 0 Å². The van der Waals surface area contributed by atoms with Gasteiger partial charge in [-0.05, 0) is 12.1 Å². The molecule has 0 fully saturated rings. The molecule has 0 radical (unpaired) electrons. The number of rotatable bonds is 7. The second-order valence-electron chi connectivity index (χ2n) is 6.70. The van der Waals surface area contributed by atoms with Crippen molar-refractivity contribution < 1.29 is 41.7 Å². The van der Waals surface area contributed by atoms with Crippen molar-refractivity contribution in [3.63, 3.8) is 0 Å². The normalized spacial score (nSPS) is 11.3. The molecule has 2 heterocycles. The van der Waals surface area contributed by atoms with Gasteiger partial charge in [0.15, 0.2) is 5.75 Å². The van der Waals surface area contributed by atoms with Gasteiger partial charge in [0.2, 0.25) is 5.88 Å². The van der Waals surface area contributed by atoms with E-state index in [1.165, 1.54) is 19.2 Å². The number of ether oxygens (including phenoxy) is 3. The molecule has 0 amide bonds. The minimum atomic E-state index is -5.01. The van der Waals surface area contributed by atoms with Crippen LogP contribution < -0.4 is 30.6 Å². The Hall–Kier alpha value is -4.07. The van der Waals surface area contributed by atoms with Crippen LogP contribution in [0.3, 0.4) is 0 Å². The lowest BCUT2D eigenvalue weighted by atomic mass is 10.2. The van der Waals surface area contributed by atoms with Crippen molar-refractivity contribution in [3.8, 4) is 28.9 Å². The molecule has 0 spiro atoms. The summed E-state index contributed by atoms with van der Waals surface area (Å²) in [4.78, 5) is 39.5. The van der Waals surface area contributed by atoms with E-state index in [0.29, 0.717) is 6.07 Å². The summed E-state index contributed by atoms with van der Waals surface area (Å²) in [5.74, 6) is -3.79. The number of aliphatic carboxylic acids is 1. The van der Waals surface area contributed by atoms with Gasteiger partial charge >= 0.3 is 11.9 Å². The molecule has 2 aromatic heterocycles. The summed E-state index contributed by atoms with van der Waals surface area (Å²) in [6.45, 7) is -0.921. The highest BCUT2D eigenvalue weighted by atomic mass is 35.5. The van der Waals surface area contributed by atoms with Crippen molar-refractivity contribution in [1.29, 1.82) is 0 Å². The molecular formula is C20H13ClF4N3O7-. The number of nitrogens with zero attached hydrogens (tertiary/aromatic N) is 3. The van der Waals surface area contributed by atoms with E-state index in [-0.39, 0.29) is 37.6 Å². The number of carbonyl (C=O) groups is 1.